The second-order valence-corrected chi connectivity index (χ2v) is 6.81. The molecule has 0 bridgehead atoms. The zero-order valence-electron chi connectivity index (χ0n) is 12.5. The third kappa shape index (κ3) is 4.36. The first-order valence-electron chi connectivity index (χ1n) is 6.84. The van der Waals surface area contributed by atoms with Crippen molar-refractivity contribution in [3.05, 3.63) is 26.9 Å². The normalized spacial score (nSPS) is 27.5. The lowest BCUT2D eigenvalue weighted by molar-refractivity contribution is -0.0535. The lowest BCUT2D eigenvalue weighted by atomic mass is 10.1. The Kier molecular flexibility index (Phi) is 6.07. The van der Waals surface area contributed by atoms with E-state index in [-0.39, 0.29) is 11.3 Å². The van der Waals surface area contributed by atoms with Crippen molar-refractivity contribution >= 4 is 20.0 Å². The Labute approximate surface area is 141 Å². The van der Waals surface area contributed by atoms with Gasteiger partial charge < -0.3 is 30.1 Å². The number of rotatable bonds is 6. The molecule has 11 nitrogen and oxygen atoms in total. The highest BCUT2D eigenvalue weighted by Gasteiger charge is 2.44. The highest BCUT2D eigenvalue weighted by atomic mass is 32.1. The number of aliphatic hydroxyl groups is 2. The topological polar surface area (TPSA) is 166 Å². The molecule has 24 heavy (non-hydrogen) atoms. The molecule has 1 aliphatic heterocycles. The monoisotopic (exact) mass is 383 g/mol. The SMILES string of the molecule is CNCc1cn([C@@H]2O[C@H](COP(=O)(O)O)[C@@H](O)[C@H]2O)c(=S)[nH]c1=O. The summed E-state index contributed by atoms with van der Waals surface area (Å²) in [5.74, 6) is 0. The van der Waals surface area contributed by atoms with E-state index in [1.165, 1.54) is 10.8 Å². The highest BCUT2D eigenvalue weighted by Crippen LogP contribution is 2.38. The molecule has 1 aromatic heterocycles. The smallest absolute Gasteiger partial charge is 0.387 e. The van der Waals surface area contributed by atoms with Gasteiger partial charge in [-0.1, -0.05) is 0 Å². The van der Waals surface area contributed by atoms with Crippen LogP contribution >= 0.6 is 20.0 Å². The summed E-state index contributed by atoms with van der Waals surface area (Å²) in [4.78, 5) is 31.6. The molecule has 2 rings (SSSR count). The Bertz CT molecular complexity index is 746. The fourth-order valence-electron chi connectivity index (χ4n) is 2.30. The zero-order chi connectivity index (χ0) is 18.1. The van der Waals surface area contributed by atoms with Crippen molar-refractivity contribution in [3.8, 4) is 0 Å². The second-order valence-electron chi connectivity index (χ2n) is 5.18. The Balaban J connectivity index is 2.26. The van der Waals surface area contributed by atoms with Crippen LogP contribution in [-0.4, -0.2) is 61.5 Å². The zero-order valence-corrected chi connectivity index (χ0v) is 14.2. The number of H-pyrrole nitrogens is 1. The molecule has 1 saturated heterocycles. The Morgan fingerprint density at radius 3 is 2.71 bits per heavy atom. The predicted octanol–water partition coefficient (Wildman–Crippen LogP) is -1.65. The van der Waals surface area contributed by atoms with Gasteiger partial charge in [-0.25, -0.2) is 4.57 Å². The summed E-state index contributed by atoms with van der Waals surface area (Å²) in [6.07, 6.45) is -3.84. The summed E-state index contributed by atoms with van der Waals surface area (Å²) in [5.41, 5.74) is -0.0775. The van der Waals surface area contributed by atoms with E-state index >= 15 is 0 Å². The van der Waals surface area contributed by atoms with Gasteiger partial charge in [0.15, 0.2) is 11.0 Å². The van der Waals surface area contributed by atoms with Crippen LogP contribution in [0.2, 0.25) is 0 Å². The number of nitrogens with zero attached hydrogens (tertiary/aromatic N) is 1. The van der Waals surface area contributed by atoms with Crippen LogP contribution in [0.1, 0.15) is 11.8 Å². The first-order chi connectivity index (χ1) is 11.1. The van der Waals surface area contributed by atoms with Gasteiger partial charge in [-0.15, -0.1) is 0 Å². The number of aliphatic hydroxyl groups excluding tert-OH is 2. The molecular weight excluding hydrogens is 365 g/mol. The summed E-state index contributed by atoms with van der Waals surface area (Å²) >= 11 is 5.03. The van der Waals surface area contributed by atoms with Crippen LogP contribution in [0.4, 0.5) is 0 Å². The van der Waals surface area contributed by atoms with Gasteiger partial charge in [0.1, 0.15) is 18.3 Å². The van der Waals surface area contributed by atoms with Gasteiger partial charge in [0, 0.05) is 18.3 Å². The first kappa shape index (κ1) is 19.4. The molecule has 13 heteroatoms. The number of hydrogen-bond donors (Lipinski definition) is 6. The third-order valence-corrected chi connectivity index (χ3v) is 4.23. The van der Waals surface area contributed by atoms with Crippen molar-refractivity contribution in [1.82, 2.24) is 14.9 Å². The van der Waals surface area contributed by atoms with Crippen molar-refractivity contribution in [3.63, 3.8) is 0 Å². The molecule has 1 aliphatic rings. The number of phosphoric ester groups is 1. The lowest BCUT2D eigenvalue weighted by Gasteiger charge is -2.19. The van der Waals surface area contributed by atoms with Gasteiger partial charge in [0.2, 0.25) is 0 Å². The molecule has 0 aliphatic carbocycles. The van der Waals surface area contributed by atoms with Gasteiger partial charge in [0.25, 0.3) is 5.56 Å². The number of ether oxygens (including phenoxy) is 1. The highest BCUT2D eigenvalue weighted by molar-refractivity contribution is 7.71. The fourth-order valence-corrected chi connectivity index (χ4v) is 2.89. The second kappa shape index (κ2) is 7.52. The lowest BCUT2D eigenvalue weighted by Crippen LogP contribution is -2.34. The van der Waals surface area contributed by atoms with Gasteiger partial charge in [-0.05, 0) is 19.3 Å². The van der Waals surface area contributed by atoms with Gasteiger partial charge in [-0.3, -0.25) is 18.9 Å². The summed E-state index contributed by atoms with van der Waals surface area (Å²) in [7, 11) is -3.10. The molecule has 0 spiro atoms. The maximum atomic E-state index is 11.8. The summed E-state index contributed by atoms with van der Waals surface area (Å²) in [6.45, 7) is -0.389. The van der Waals surface area contributed by atoms with Crippen molar-refractivity contribution in [1.29, 1.82) is 0 Å². The molecular formula is C11H18N3O8PS. The molecule has 2 heterocycles. The first-order valence-corrected chi connectivity index (χ1v) is 8.78. The van der Waals surface area contributed by atoms with E-state index in [1.54, 1.807) is 7.05 Å². The van der Waals surface area contributed by atoms with Crippen LogP contribution in [0.15, 0.2) is 11.0 Å². The van der Waals surface area contributed by atoms with Gasteiger partial charge in [-0.2, -0.15) is 0 Å². The van der Waals surface area contributed by atoms with E-state index in [2.05, 4.69) is 14.8 Å². The molecule has 6 N–H and O–H groups in total. The number of hydrogen-bond acceptors (Lipinski definition) is 8. The van der Waals surface area contributed by atoms with E-state index in [1.807, 2.05) is 0 Å². The van der Waals surface area contributed by atoms with E-state index in [0.29, 0.717) is 5.56 Å². The van der Waals surface area contributed by atoms with E-state index < -0.39 is 44.5 Å². The Hall–Kier alpha value is -0.950. The molecule has 0 saturated carbocycles. The molecule has 4 atom stereocenters. The molecule has 0 radical (unpaired) electrons. The van der Waals surface area contributed by atoms with Crippen molar-refractivity contribution < 1.29 is 33.8 Å². The fraction of sp³-hybridized carbons (Fsp3) is 0.636. The van der Waals surface area contributed by atoms with Gasteiger partial charge in [0.05, 0.1) is 6.61 Å². The number of aromatic amines is 1. The van der Waals surface area contributed by atoms with E-state index in [4.69, 9.17) is 26.7 Å². The largest absolute Gasteiger partial charge is 0.469 e. The van der Waals surface area contributed by atoms with Crippen LogP contribution in [-0.2, 0) is 20.4 Å². The van der Waals surface area contributed by atoms with E-state index in [0.717, 1.165) is 0 Å². The van der Waals surface area contributed by atoms with Crippen LogP contribution in [0.5, 0.6) is 0 Å². The van der Waals surface area contributed by atoms with Crippen LogP contribution in [0.25, 0.3) is 0 Å². The minimum absolute atomic E-state index is 0.0346. The standard InChI is InChI=1S/C11H18N3O8PS/c1-12-2-5-3-14(11(24)13-9(5)17)10-8(16)7(15)6(22-10)4-21-23(18,19)20/h3,6-8,10,12,15-16H,2,4H2,1H3,(H,13,17,24)(H2,18,19,20)/t6-,7-,8-,10-/m1/s1. The summed E-state index contributed by atoms with van der Waals surface area (Å²) < 4.78 is 21.7. The number of aromatic nitrogens is 2. The number of phosphoric acid groups is 1. The number of nitrogens with one attached hydrogen (secondary N) is 2. The predicted molar refractivity (Wildman–Crippen MR) is 82.6 cm³/mol. The maximum absolute atomic E-state index is 11.8. The average molecular weight is 383 g/mol. The average Bonchev–Trinajstić information content (AvgIpc) is 2.75. The molecule has 0 amide bonds. The van der Waals surface area contributed by atoms with Gasteiger partial charge >= 0.3 is 7.82 Å². The van der Waals surface area contributed by atoms with Crippen molar-refractivity contribution in [2.45, 2.75) is 31.1 Å². The molecule has 136 valence electrons. The van der Waals surface area contributed by atoms with E-state index in [9.17, 15) is 19.6 Å². The molecule has 0 aromatic carbocycles. The summed E-state index contributed by atoms with van der Waals surface area (Å²) in [6, 6.07) is 0. The van der Waals surface area contributed by atoms with Crippen LogP contribution < -0.4 is 10.9 Å². The Morgan fingerprint density at radius 1 is 1.46 bits per heavy atom. The Morgan fingerprint density at radius 2 is 2.12 bits per heavy atom. The van der Waals surface area contributed by atoms with Crippen LogP contribution in [0, 0.1) is 4.77 Å². The summed E-state index contributed by atoms with van der Waals surface area (Å²) in [5, 5.41) is 22.9. The minimum Gasteiger partial charge on any atom is -0.387 e. The van der Waals surface area contributed by atoms with Crippen molar-refractivity contribution in [2.24, 2.45) is 0 Å². The quantitative estimate of drug-likeness (QED) is 0.248. The molecule has 1 aromatic rings. The van der Waals surface area contributed by atoms with Crippen LogP contribution in [0.3, 0.4) is 0 Å². The maximum Gasteiger partial charge on any atom is 0.469 e. The third-order valence-electron chi connectivity index (χ3n) is 3.43. The molecule has 1 fully saturated rings. The minimum atomic E-state index is -4.74. The molecule has 0 unspecified atom stereocenters. The van der Waals surface area contributed by atoms with Crippen molar-refractivity contribution in [2.75, 3.05) is 13.7 Å².